The van der Waals surface area contributed by atoms with E-state index in [9.17, 15) is 10.1 Å². The van der Waals surface area contributed by atoms with Crippen LogP contribution in [0.15, 0.2) is 37.1 Å². The second kappa shape index (κ2) is 6.92. The van der Waals surface area contributed by atoms with Crippen LogP contribution in [0.25, 0.3) is 10.9 Å². The number of carbonyl (C=O) groups excluding carboxylic acids is 1. The van der Waals surface area contributed by atoms with Gasteiger partial charge >= 0.3 is 0 Å². The average molecular weight is 449 g/mol. The molecule has 5 heteroatoms. The lowest BCUT2D eigenvalue weighted by Gasteiger charge is -2.50. The third kappa shape index (κ3) is 2.79. The largest absolute Gasteiger partial charge is 0.413 e. The Morgan fingerprint density at radius 3 is 2.50 bits per heavy atom. The third-order valence-electron chi connectivity index (χ3n) is 8.76. The minimum absolute atomic E-state index is 0.0244. The summed E-state index contributed by atoms with van der Waals surface area (Å²) in [6.45, 7) is 19.6. The highest BCUT2D eigenvalue weighted by Gasteiger charge is 2.62. The van der Waals surface area contributed by atoms with Crippen LogP contribution in [0.1, 0.15) is 52.2 Å². The monoisotopic (exact) mass is 448 g/mol. The second-order valence-electron chi connectivity index (χ2n) is 11.8. The molecule has 4 atom stereocenters. The molecule has 4 rings (SSSR count). The molecule has 0 radical (unpaired) electrons. The Bertz CT molecular complexity index is 1160. The van der Waals surface area contributed by atoms with Gasteiger partial charge in [0.25, 0.3) is 0 Å². The van der Waals surface area contributed by atoms with Crippen molar-refractivity contribution in [2.75, 3.05) is 0 Å². The van der Waals surface area contributed by atoms with E-state index in [0.29, 0.717) is 6.42 Å². The number of hydrogen-bond donors (Lipinski definition) is 0. The third-order valence-corrected chi connectivity index (χ3v) is 13.3. The molecule has 1 aromatic carbocycles. The Kier molecular flexibility index (Phi) is 4.97. The van der Waals surface area contributed by atoms with Crippen LogP contribution in [-0.4, -0.2) is 24.8 Å². The van der Waals surface area contributed by atoms with Crippen molar-refractivity contribution in [3.63, 3.8) is 0 Å². The zero-order chi connectivity index (χ0) is 23.9. The second-order valence-corrected chi connectivity index (χ2v) is 16.6. The number of benzene rings is 1. The number of nitrogens with zero attached hydrogens (tertiary/aromatic N) is 2. The number of aromatic nitrogens is 1. The molecule has 0 spiro atoms. The Labute approximate surface area is 193 Å². The van der Waals surface area contributed by atoms with E-state index in [4.69, 9.17) is 4.43 Å². The quantitative estimate of drug-likeness (QED) is 0.427. The standard InChI is InChI=1S/C27H36N2O2Si/c1-10-17-22(31-32(8,9)25(2,3)4)14-19-24(30)27(17,16-28)18-12-11-13-21-23(18)20(15-29(21)7)26(19,5)6/h10-13,15,17,19,22H,1,14H2,2-9H3/t17?,19-,22-,27-/m0/s1. The first-order valence-corrected chi connectivity index (χ1v) is 14.5. The smallest absolute Gasteiger partial charge is 0.192 e. The molecule has 32 heavy (non-hydrogen) atoms. The summed E-state index contributed by atoms with van der Waals surface area (Å²) in [4.78, 5) is 14.2. The molecule has 2 bridgehead atoms. The Balaban J connectivity index is 2.04. The number of rotatable bonds is 3. The van der Waals surface area contributed by atoms with Gasteiger partial charge in [-0.25, -0.2) is 0 Å². The van der Waals surface area contributed by atoms with Gasteiger partial charge in [-0.3, -0.25) is 4.79 Å². The van der Waals surface area contributed by atoms with Gasteiger partial charge in [0.05, 0.1) is 12.2 Å². The molecular weight excluding hydrogens is 412 g/mol. The van der Waals surface area contributed by atoms with Crippen LogP contribution in [0, 0.1) is 23.2 Å². The van der Waals surface area contributed by atoms with Gasteiger partial charge < -0.3 is 8.99 Å². The van der Waals surface area contributed by atoms with E-state index in [1.165, 1.54) is 0 Å². The molecule has 1 aromatic heterocycles. The molecule has 0 N–H and O–H groups in total. The van der Waals surface area contributed by atoms with Crippen LogP contribution < -0.4 is 0 Å². The fourth-order valence-corrected chi connectivity index (χ4v) is 7.14. The maximum Gasteiger partial charge on any atom is 0.192 e. The Morgan fingerprint density at radius 1 is 1.28 bits per heavy atom. The van der Waals surface area contributed by atoms with Crippen molar-refractivity contribution >= 4 is 25.0 Å². The van der Waals surface area contributed by atoms with Crippen molar-refractivity contribution in [3.05, 3.63) is 48.2 Å². The minimum atomic E-state index is -2.14. The first kappa shape index (κ1) is 23.0. The van der Waals surface area contributed by atoms with Crippen molar-refractivity contribution in [1.82, 2.24) is 4.57 Å². The van der Waals surface area contributed by atoms with Crippen molar-refractivity contribution in [3.8, 4) is 6.07 Å². The van der Waals surface area contributed by atoms with Gasteiger partial charge in [-0.15, -0.1) is 6.58 Å². The zero-order valence-electron chi connectivity index (χ0n) is 20.7. The van der Waals surface area contributed by atoms with Crippen molar-refractivity contribution in [2.24, 2.45) is 18.9 Å². The molecule has 4 nitrogen and oxygen atoms in total. The van der Waals surface area contributed by atoms with E-state index in [1.807, 2.05) is 25.3 Å². The van der Waals surface area contributed by atoms with Gasteiger partial charge in [0.2, 0.25) is 0 Å². The molecule has 0 amide bonds. The lowest BCUT2D eigenvalue weighted by atomic mass is 9.55. The summed E-state index contributed by atoms with van der Waals surface area (Å²) >= 11 is 0. The Hall–Kier alpha value is -2.16. The summed E-state index contributed by atoms with van der Waals surface area (Å²) in [7, 11) is -0.0966. The summed E-state index contributed by atoms with van der Waals surface area (Å²) in [6.07, 6.45) is 4.36. The molecule has 1 heterocycles. The lowest BCUT2D eigenvalue weighted by Crippen LogP contribution is -2.59. The van der Waals surface area contributed by atoms with E-state index in [1.54, 1.807) is 0 Å². The molecule has 1 fully saturated rings. The van der Waals surface area contributed by atoms with E-state index < -0.39 is 25.1 Å². The van der Waals surface area contributed by atoms with Crippen molar-refractivity contribution < 1.29 is 9.22 Å². The normalized spacial score (nSPS) is 29.5. The number of fused-ring (bicyclic) bond motifs is 3. The van der Waals surface area contributed by atoms with Crippen LogP contribution in [0.3, 0.4) is 0 Å². The fraction of sp³-hybridized carbons (Fsp3) is 0.556. The van der Waals surface area contributed by atoms with Crippen LogP contribution in [0.2, 0.25) is 18.1 Å². The zero-order valence-corrected chi connectivity index (χ0v) is 21.7. The first-order chi connectivity index (χ1) is 14.7. The minimum Gasteiger partial charge on any atom is -0.413 e. The number of carbonyl (C=O) groups is 1. The molecule has 0 aliphatic heterocycles. The molecule has 170 valence electrons. The number of Topliss-reactive ketones (excluding diaryl/α,β-unsaturated/α-hetero) is 1. The van der Waals surface area contributed by atoms with Gasteiger partial charge in [-0.05, 0) is 41.7 Å². The highest BCUT2D eigenvalue weighted by molar-refractivity contribution is 6.74. The van der Waals surface area contributed by atoms with Crippen LogP contribution in [0.4, 0.5) is 0 Å². The molecule has 2 aliphatic carbocycles. The van der Waals surface area contributed by atoms with Crippen LogP contribution >= 0.6 is 0 Å². The number of aryl methyl sites for hydroxylation is 1. The number of hydrogen-bond acceptors (Lipinski definition) is 3. The van der Waals surface area contributed by atoms with Gasteiger partial charge in [-0.2, -0.15) is 5.26 Å². The molecule has 2 aliphatic rings. The number of ketones is 1. The van der Waals surface area contributed by atoms with Crippen LogP contribution in [-0.2, 0) is 27.1 Å². The fourth-order valence-electron chi connectivity index (χ4n) is 5.78. The van der Waals surface area contributed by atoms with Gasteiger partial charge in [0, 0.05) is 41.4 Å². The lowest BCUT2D eigenvalue weighted by molar-refractivity contribution is -0.137. The highest BCUT2D eigenvalue weighted by atomic mass is 28.4. The highest BCUT2D eigenvalue weighted by Crippen LogP contribution is 2.57. The van der Waals surface area contributed by atoms with Gasteiger partial charge in [-0.1, -0.05) is 52.8 Å². The molecule has 0 saturated heterocycles. The van der Waals surface area contributed by atoms with Gasteiger partial charge in [0.15, 0.2) is 14.1 Å². The molecule has 1 saturated carbocycles. The SMILES string of the molecule is C=CC1[C@@H](O[Si](C)(C)C(C)(C)C)C[C@H]2C(=O)[C@]1(C#N)c1cccc3c1c(cn3C)C2(C)C. The summed E-state index contributed by atoms with van der Waals surface area (Å²) in [6, 6.07) is 8.58. The predicted molar refractivity (Wildman–Crippen MR) is 132 cm³/mol. The Morgan fingerprint density at radius 2 is 1.94 bits per heavy atom. The summed E-state index contributed by atoms with van der Waals surface area (Å²) in [5, 5.41) is 11.8. The molecule has 2 aromatic rings. The molecular formula is C27H36N2O2Si. The molecule has 1 unspecified atom stereocenters. The maximum absolute atomic E-state index is 14.2. The number of nitriles is 1. The van der Waals surface area contributed by atoms with E-state index in [-0.39, 0.29) is 22.8 Å². The van der Waals surface area contributed by atoms with Crippen molar-refractivity contribution in [2.45, 2.75) is 76.1 Å². The van der Waals surface area contributed by atoms with Crippen molar-refractivity contribution in [1.29, 1.82) is 5.26 Å². The topological polar surface area (TPSA) is 55.0 Å². The van der Waals surface area contributed by atoms with E-state index in [2.05, 4.69) is 77.2 Å². The van der Waals surface area contributed by atoms with Gasteiger partial charge in [0.1, 0.15) is 5.41 Å². The average Bonchev–Trinajstić information content (AvgIpc) is 3.04. The summed E-state index contributed by atoms with van der Waals surface area (Å²) in [5.74, 6) is -0.666. The first-order valence-electron chi connectivity index (χ1n) is 11.6. The van der Waals surface area contributed by atoms with E-state index in [0.717, 1.165) is 22.0 Å². The summed E-state index contributed by atoms with van der Waals surface area (Å²) < 4.78 is 9.09. The predicted octanol–water partition coefficient (Wildman–Crippen LogP) is 6.01. The summed E-state index contributed by atoms with van der Waals surface area (Å²) in [5.41, 5.74) is 1.33. The van der Waals surface area contributed by atoms with Crippen LogP contribution in [0.5, 0.6) is 0 Å². The van der Waals surface area contributed by atoms with E-state index >= 15 is 0 Å². The maximum atomic E-state index is 14.2.